The van der Waals surface area contributed by atoms with Gasteiger partial charge in [-0.25, -0.2) is 14.2 Å². The summed E-state index contributed by atoms with van der Waals surface area (Å²) in [4.78, 5) is 37.7. The zero-order valence-electron chi connectivity index (χ0n) is 28.1. The van der Waals surface area contributed by atoms with Gasteiger partial charge in [0.05, 0.1) is 43.6 Å². The summed E-state index contributed by atoms with van der Waals surface area (Å²) in [6.07, 6.45) is 4.93. The van der Waals surface area contributed by atoms with Gasteiger partial charge in [0, 0.05) is 14.1 Å². The zero-order valence-corrected chi connectivity index (χ0v) is 28.1. The van der Waals surface area contributed by atoms with Crippen molar-refractivity contribution in [2.45, 2.75) is 39.5 Å². The van der Waals surface area contributed by atoms with Crippen molar-refractivity contribution < 1.29 is 24.2 Å². The summed E-state index contributed by atoms with van der Waals surface area (Å²) in [5, 5.41) is 43.8. The number of carbonyl (C=O) groups excluding carboxylic acids is 2. The molecule has 0 unspecified atom stereocenters. The summed E-state index contributed by atoms with van der Waals surface area (Å²) < 4.78 is 15.4. The smallest absolute Gasteiger partial charge is 0.343 e. The minimum atomic E-state index is -0.718. The number of ether oxygens (including phenoxy) is 2. The molecule has 0 atom stereocenters. The number of carbonyl (C=O) groups is 2. The van der Waals surface area contributed by atoms with Crippen LogP contribution in [-0.4, -0.2) is 91.8 Å². The van der Waals surface area contributed by atoms with Crippen molar-refractivity contribution in [2.75, 3.05) is 32.3 Å². The Bertz CT molecular complexity index is 1960. The van der Waals surface area contributed by atoms with Crippen molar-refractivity contribution in [3.8, 4) is 17.9 Å². The van der Waals surface area contributed by atoms with Crippen LogP contribution in [0, 0.1) is 0 Å². The minimum absolute atomic E-state index is 0.0285. The van der Waals surface area contributed by atoms with Crippen molar-refractivity contribution in [3.05, 3.63) is 34.9 Å². The van der Waals surface area contributed by atoms with Crippen LogP contribution in [0.4, 0.5) is 34.6 Å². The summed E-state index contributed by atoms with van der Waals surface area (Å²) in [6, 6.07) is -0.102. The van der Waals surface area contributed by atoms with Crippen molar-refractivity contribution in [1.82, 2.24) is 54.1 Å². The molecule has 5 aromatic rings. The van der Waals surface area contributed by atoms with Crippen LogP contribution in [0.5, 0.6) is 6.01 Å². The molecule has 0 amide bonds. The standard InChI is InChI=1S/C28H35N17O5/c1-7-9-16-19(36-38-23-14(18(47)13-46)11-31-42(23)3)21(29)44(40-16)26-33-27(35-28(34-26)50-6)45-22(30)20(17(41-45)10-8-2)37-39-24-15(25(48)49-5)12-32-43(24)4/h11-12,46H,7-10,13,29-30H2,1-6H3/b38-36+,39-37+. The molecule has 0 fully saturated rings. The van der Waals surface area contributed by atoms with Gasteiger partial charge < -0.3 is 26.0 Å². The first-order chi connectivity index (χ1) is 24.1. The number of nitrogens with zero attached hydrogens (tertiary/aromatic N) is 15. The fourth-order valence-corrected chi connectivity index (χ4v) is 4.72. The van der Waals surface area contributed by atoms with Gasteiger partial charge in [0.1, 0.15) is 12.2 Å². The Morgan fingerprint density at radius 3 is 1.70 bits per heavy atom. The van der Waals surface area contributed by atoms with Gasteiger partial charge in [-0.15, -0.1) is 20.5 Å². The maximum absolute atomic E-state index is 12.2. The number of aryl methyl sites for hydroxylation is 4. The van der Waals surface area contributed by atoms with Gasteiger partial charge in [0.15, 0.2) is 40.4 Å². The summed E-state index contributed by atoms with van der Waals surface area (Å²) >= 11 is 0. The average Bonchev–Trinajstić information content (AvgIpc) is 3.85. The number of methoxy groups -OCH3 is 2. The Morgan fingerprint density at radius 1 is 0.780 bits per heavy atom. The molecule has 0 radical (unpaired) electrons. The molecule has 0 aliphatic rings. The summed E-state index contributed by atoms with van der Waals surface area (Å²) in [6.45, 7) is 3.19. The number of hydrogen-bond donors (Lipinski definition) is 3. The fourth-order valence-electron chi connectivity index (χ4n) is 4.72. The number of rotatable bonds is 14. The van der Waals surface area contributed by atoms with E-state index in [1.165, 1.54) is 45.3 Å². The molecule has 0 aromatic carbocycles. The molecule has 0 saturated carbocycles. The Labute approximate surface area is 283 Å². The Balaban J connectivity index is 1.59. The maximum Gasteiger partial charge on any atom is 0.343 e. The monoisotopic (exact) mass is 689 g/mol. The van der Waals surface area contributed by atoms with Gasteiger partial charge in [0.2, 0.25) is 0 Å². The molecule has 0 spiro atoms. The first kappa shape index (κ1) is 34.9. The summed E-state index contributed by atoms with van der Waals surface area (Å²) in [7, 11) is 5.81. The van der Waals surface area contributed by atoms with Crippen molar-refractivity contribution in [2.24, 2.45) is 34.6 Å². The molecular formula is C28H35N17O5. The number of nitrogens with two attached hydrogens (primary N) is 2. The van der Waals surface area contributed by atoms with Crippen LogP contribution in [0.2, 0.25) is 0 Å². The number of hydrogen-bond acceptors (Lipinski definition) is 18. The highest BCUT2D eigenvalue weighted by Crippen LogP contribution is 2.34. The third-order valence-electron chi connectivity index (χ3n) is 7.21. The van der Waals surface area contributed by atoms with E-state index < -0.39 is 18.4 Å². The second kappa shape index (κ2) is 14.8. The lowest BCUT2D eigenvalue weighted by Crippen LogP contribution is -2.14. The number of aromatic nitrogens is 11. The number of nitrogen functional groups attached to an aromatic ring is 2. The molecule has 5 N–H and O–H groups in total. The highest BCUT2D eigenvalue weighted by Gasteiger charge is 2.24. The number of anilines is 2. The summed E-state index contributed by atoms with van der Waals surface area (Å²) in [5.41, 5.74) is 14.7. The fraction of sp³-hybridized carbons (Fsp3) is 0.393. The van der Waals surface area contributed by atoms with Gasteiger partial charge in [0.25, 0.3) is 11.9 Å². The van der Waals surface area contributed by atoms with Crippen LogP contribution in [0.3, 0.4) is 0 Å². The van der Waals surface area contributed by atoms with Crippen LogP contribution in [-0.2, 0) is 31.7 Å². The van der Waals surface area contributed by atoms with E-state index in [-0.39, 0.29) is 63.7 Å². The molecule has 0 saturated heterocycles. The predicted molar refractivity (Wildman–Crippen MR) is 175 cm³/mol. The second-order valence-corrected chi connectivity index (χ2v) is 10.6. The second-order valence-electron chi connectivity index (χ2n) is 10.6. The minimum Gasteiger partial charge on any atom is -0.467 e. The predicted octanol–water partition coefficient (Wildman–Crippen LogP) is 2.58. The molecular weight excluding hydrogens is 654 g/mol. The molecule has 0 aliphatic carbocycles. The first-order valence-corrected chi connectivity index (χ1v) is 15.2. The molecule has 5 aromatic heterocycles. The Hall–Kier alpha value is -6.45. The molecule has 22 nitrogen and oxygen atoms in total. The molecule has 50 heavy (non-hydrogen) atoms. The van der Waals surface area contributed by atoms with Crippen molar-refractivity contribution >= 4 is 46.4 Å². The first-order valence-electron chi connectivity index (χ1n) is 15.2. The van der Waals surface area contributed by atoms with E-state index in [0.717, 1.165) is 0 Å². The maximum atomic E-state index is 12.2. The SMILES string of the molecule is CCCc1nn(-c2nc(OC)nc(-n3nc(CCC)c(/N=N/c4c(C(=O)OC)cnn4C)c3N)n2)c(N)c1/N=N/c1c(C(=O)CO)cnn1C. The van der Waals surface area contributed by atoms with Crippen LogP contribution in [0.25, 0.3) is 11.9 Å². The molecule has 0 aliphatic heterocycles. The van der Waals surface area contributed by atoms with Crippen molar-refractivity contribution in [1.29, 1.82) is 0 Å². The van der Waals surface area contributed by atoms with E-state index in [2.05, 4.69) is 55.8 Å². The Kier molecular flexibility index (Phi) is 10.3. The van der Waals surface area contributed by atoms with Crippen LogP contribution in [0.15, 0.2) is 32.9 Å². The van der Waals surface area contributed by atoms with Gasteiger partial charge in [-0.2, -0.15) is 44.7 Å². The molecule has 5 heterocycles. The lowest BCUT2D eigenvalue weighted by molar-refractivity contribution is 0.0601. The van der Waals surface area contributed by atoms with Gasteiger partial charge in [-0.3, -0.25) is 4.79 Å². The van der Waals surface area contributed by atoms with E-state index in [9.17, 15) is 14.7 Å². The third kappa shape index (κ3) is 6.63. The normalized spacial score (nSPS) is 11.7. The summed E-state index contributed by atoms with van der Waals surface area (Å²) in [5.74, 6) is -0.946. The molecule has 5 rings (SSSR count). The molecule has 22 heteroatoms. The van der Waals surface area contributed by atoms with Gasteiger partial charge >= 0.3 is 12.0 Å². The lowest BCUT2D eigenvalue weighted by Gasteiger charge is -2.08. The highest BCUT2D eigenvalue weighted by atomic mass is 16.5. The van der Waals surface area contributed by atoms with Crippen LogP contribution >= 0.6 is 0 Å². The molecule has 0 bridgehead atoms. The van der Waals surface area contributed by atoms with Crippen LogP contribution in [0.1, 0.15) is 58.8 Å². The number of Topliss-reactive ketones (excluding diaryl/α,β-unsaturated/α-hetero) is 1. The van der Waals surface area contributed by atoms with E-state index in [0.29, 0.717) is 37.1 Å². The van der Waals surface area contributed by atoms with E-state index in [1.54, 1.807) is 14.1 Å². The van der Waals surface area contributed by atoms with Gasteiger partial charge in [-0.05, 0) is 12.8 Å². The number of aliphatic hydroxyl groups is 1. The zero-order chi connectivity index (χ0) is 36.1. The number of ketones is 1. The molecule has 262 valence electrons. The van der Waals surface area contributed by atoms with Crippen molar-refractivity contribution in [3.63, 3.8) is 0 Å². The van der Waals surface area contributed by atoms with Gasteiger partial charge in [-0.1, -0.05) is 26.7 Å². The number of azo groups is 2. The average molecular weight is 690 g/mol. The largest absolute Gasteiger partial charge is 0.467 e. The van der Waals surface area contributed by atoms with Crippen LogP contribution < -0.4 is 16.2 Å². The third-order valence-corrected chi connectivity index (χ3v) is 7.21. The van der Waals surface area contributed by atoms with E-state index in [4.69, 9.17) is 20.9 Å². The van der Waals surface area contributed by atoms with E-state index in [1.807, 2.05) is 13.8 Å². The quantitative estimate of drug-likeness (QED) is 0.0858. The Morgan fingerprint density at radius 2 is 1.26 bits per heavy atom. The highest BCUT2D eigenvalue weighted by molar-refractivity contribution is 6.00. The lowest BCUT2D eigenvalue weighted by atomic mass is 10.2. The number of aliphatic hydroxyl groups excluding tert-OH is 1. The van der Waals surface area contributed by atoms with E-state index >= 15 is 0 Å². The number of esters is 1. The topological polar surface area (TPSA) is 284 Å².